The second-order valence-electron chi connectivity index (χ2n) is 6.35. The Morgan fingerprint density at radius 1 is 1.16 bits per heavy atom. The lowest BCUT2D eigenvalue weighted by molar-refractivity contribution is -0.384. The number of anilines is 2. The van der Waals surface area contributed by atoms with Crippen LogP contribution in [0, 0.1) is 28.4 Å². The fourth-order valence-corrected chi connectivity index (χ4v) is 2.86. The van der Waals surface area contributed by atoms with Crippen molar-refractivity contribution in [3.8, 4) is 11.8 Å². The first-order valence-corrected chi connectivity index (χ1v) is 8.97. The minimum atomic E-state index is -0.931. The number of nitro groups is 1. The lowest BCUT2D eigenvalue weighted by atomic mass is 10.3. The summed E-state index contributed by atoms with van der Waals surface area (Å²) in [6.45, 7) is 1.64. The average molecular weight is 419 g/mol. The van der Waals surface area contributed by atoms with Gasteiger partial charge in [0.05, 0.1) is 16.3 Å². The predicted octanol–water partition coefficient (Wildman–Crippen LogP) is 2.32. The van der Waals surface area contributed by atoms with Gasteiger partial charge >= 0.3 is 0 Å². The lowest BCUT2D eigenvalue weighted by Crippen LogP contribution is -2.27. The quantitative estimate of drug-likeness (QED) is 0.356. The Balaban J connectivity index is 1.89. The van der Waals surface area contributed by atoms with Crippen molar-refractivity contribution in [3.05, 3.63) is 80.8 Å². The molecule has 11 nitrogen and oxygen atoms in total. The molecule has 0 saturated carbocycles. The molecule has 0 unspecified atom stereocenters. The highest BCUT2D eigenvalue weighted by Crippen LogP contribution is 2.23. The van der Waals surface area contributed by atoms with Gasteiger partial charge in [-0.25, -0.2) is 4.68 Å². The molecule has 11 heteroatoms. The third kappa shape index (κ3) is 4.18. The van der Waals surface area contributed by atoms with Crippen molar-refractivity contribution >= 4 is 28.7 Å². The van der Waals surface area contributed by atoms with E-state index in [0.29, 0.717) is 11.4 Å². The van der Waals surface area contributed by atoms with Crippen LogP contribution in [0.3, 0.4) is 0 Å². The molecule has 0 spiro atoms. The summed E-state index contributed by atoms with van der Waals surface area (Å²) >= 11 is 0. The summed E-state index contributed by atoms with van der Waals surface area (Å²) in [5.41, 5.74) is 2.07. The monoisotopic (exact) mass is 419 g/mol. The van der Waals surface area contributed by atoms with Gasteiger partial charge in [0.15, 0.2) is 0 Å². The van der Waals surface area contributed by atoms with Crippen molar-refractivity contribution in [2.75, 3.05) is 10.7 Å². The molecule has 0 bridgehead atoms. The molecule has 0 aliphatic heterocycles. The summed E-state index contributed by atoms with van der Waals surface area (Å²) < 4.78 is 2.95. The zero-order valence-electron chi connectivity index (χ0n) is 16.6. The summed E-state index contributed by atoms with van der Waals surface area (Å²) in [5, 5.41) is 26.5. The maximum absolute atomic E-state index is 12.9. The Kier molecular flexibility index (Phi) is 5.92. The number of hydrogen-bond donors (Lipinski definition) is 2. The second-order valence-corrected chi connectivity index (χ2v) is 6.35. The van der Waals surface area contributed by atoms with Gasteiger partial charge in [-0.3, -0.25) is 29.8 Å². The molecule has 0 aliphatic rings. The van der Waals surface area contributed by atoms with Gasteiger partial charge in [0.2, 0.25) is 5.71 Å². The van der Waals surface area contributed by atoms with Crippen LogP contribution in [0.2, 0.25) is 0 Å². The van der Waals surface area contributed by atoms with E-state index in [9.17, 15) is 25.0 Å². The van der Waals surface area contributed by atoms with E-state index in [-0.39, 0.29) is 17.1 Å². The number of nitriles is 1. The maximum Gasteiger partial charge on any atom is 0.295 e. The van der Waals surface area contributed by atoms with Crippen LogP contribution in [0.4, 0.5) is 17.1 Å². The van der Waals surface area contributed by atoms with Gasteiger partial charge in [-0.2, -0.15) is 10.4 Å². The molecular weight excluding hydrogens is 402 g/mol. The van der Waals surface area contributed by atoms with Gasteiger partial charge in [-0.1, -0.05) is 30.3 Å². The van der Waals surface area contributed by atoms with Gasteiger partial charge in [0.1, 0.15) is 17.4 Å². The molecule has 31 heavy (non-hydrogen) atoms. The van der Waals surface area contributed by atoms with E-state index in [4.69, 9.17) is 0 Å². The molecule has 0 aliphatic carbocycles. The minimum absolute atomic E-state index is 0.00926. The first-order valence-electron chi connectivity index (χ1n) is 8.97. The highest BCUT2D eigenvalue weighted by atomic mass is 16.6. The van der Waals surface area contributed by atoms with Crippen LogP contribution in [-0.2, 0) is 11.8 Å². The van der Waals surface area contributed by atoms with E-state index in [2.05, 4.69) is 15.8 Å². The first kappa shape index (κ1) is 21.0. The number of nitrogens with one attached hydrogen (secondary N) is 2. The molecule has 1 aromatic heterocycles. The highest BCUT2D eigenvalue weighted by Gasteiger charge is 2.21. The number of hydrazone groups is 1. The molecule has 0 atom stereocenters. The van der Waals surface area contributed by atoms with Crippen LogP contribution in [0.25, 0.3) is 5.69 Å². The topological polar surface area (TPSA) is 147 Å². The first-order chi connectivity index (χ1) is 14.8. The molecule has 2 aromatic carbocycles. The normalized spacial score (nSPS) is 10.9. The number of nitrogens with zero attached hydrogens (tertiary/aromatic N) is 5. The molecule has 1 amide bonds. The maximum atomic E-state index is 12.9. The van der Waals surface area contributed by atoms with Crippen LogP contribution in [-0.4, -0.2) is 25.9 Å². The van der Waals surface area contributed by atoms with Crippen molar-refractivity contribution in [3.63, 3.8) is 0 Å². The molecule has 3 aromatic rings. The number of carbonyl (C=O) groups is 1. The van der Waals surface area contributed by atoms with Crippen molar-refractivity contribution in [1.29, 1.82) is 5.26 Å². The Morgan fingerprint density at radius 2 is 1.81 bits per heavy atom. The van der Waals surface area contributed by atoms with E-state index in [1.807, 2.05) is 6.07 Å². The Morgan fingerprint density at radius 3 is 2.45 bits per heavy atom. The number of aromatic nitrogens is 2. The summed E-state index contributed by atoms with van der Waals surface area (Å²) in [6, 6.07) is 16.1. The third-order valence-electron chi connectivity index (χ3n) is 4.50. The second kappa shape index (κ2) is 8.75. The number of benzene rings is 2. The van der Waals surface area contributed by atoms with Gasteiger partial charge < -0.3 is 5.32 Å². The smallest absolute Gasteiger partial charge is 0.295 e. The Labute approximate surface area is 176 Å². The fraction of sp³-hybridized carbons (Fsp3) is 0.100. The van der Waals surface area contributed by atoms with Crippen molar-refractivity contribution in [2.45, 2.75) is 6.92 Å². The van der Waals surface area contributed by atoms with Crippen molar-refractivity contribution in [1.82, 2.24) is 9.36 Å². The highest BCUT2D eigenvalue weighted by molar-refractivity contribution is 6.48. The number of amides is 1. The molecule has 1 heterocycles. The van der Waals surface area contributed by atoms with Crippen molar-refractivity contribution in [2.24, 2.45) is 12.1 Å². The zero-order chi connectivity index (χ0) is 22.5. The molecule has 0 fully saturated rings. The van der Waals surface area contributed by atoms with Gasteiger partial charge in [0, 0.05) is 13.1 Å². The van der Waals surface area contributed by atoms with E-state index < -0.39 is 22.1 Å². The summed E-state index contributed by atoms with van der Waals surface area (Å²) in [6.07, 6.45) is 0. The minimum Gasteiger partial charge on any atom is -0.314 e. The molecule has 2 N–H and O–H groups in total. The van der Waals surface area contributed by atoms with Crippen LogP contribution in [0.1, 0.15) is 5.69 Å². The molecular formula is C20H17N7O4. The van der Waals surface area contributed by atoms with Crippen LogP contribution < -0.4 is 16.3 Å². The number of carbonyl (C=O) groups excluding carboxylic acids is 1. The summed E-state index contributed by atoms with van der Waals surface area (Å²) in [4.78, 5) is 35.9. The number of para-hydroxylation sites is 3. The standard InChI is InChI=1S/C20H17N7O4/c1-13-18(20(29)26(25(13)2)14-8-4-3-5-9-14)22-19(28)16(12-21)24-23-15-10-6-7-11-17(15)27(30)31/h3-11,23H,1-2H3,(H,22,28). The summed E-state index contributed by atoms with van der Waals surface area (Å²) in [5.74, 6) is -0.931. The zero-order valence-corrected chi connectivity index (χ0v) is 16.6. The Bertz CT molecular complexity index is 1280. The van der Waals surface area contributed by atoms with E-state index in [0.717, 1.165) is 0 Å². The number of hydrogen-bond acceptors (Lipinski definition) is 7. The van der Waals surface area contributed by atoms with Crippen LogP contribution >= 0.6 is 0 Å². The fourth-order valence-electron chi connectivity index (χ4n) is 2.86. The third-order valence-corrected chi connectivity index (χ3v) is 4.50. The number of rotatable bonds is 6. The summed E-state index contributed by atoms with van der Waals surface area (Å²) in [7, 11) is 1.66. The number of nitro benzene ring substituents is 1. The predicted molar refractivity (Wildman–Crippen MR) is 114 cm³/mol. The SMILES string of the molecule is Cc1c(NC(=O)C(C#N)=NNc2ccccc2[N+](=O)[O-])c(=O)n(-c2ccccc2)n1C. The van der Waals surface area contributed by atoms with Crippen molar-refractivity contribution < 1.29 is 9.72 Å². The van der Waals surface area contributed by atoms with Crippen LogP contribution in [0.5, 0.6) is 0 Å². The van der Waals surface area contributed by atoms with E-state index in [1.54, 1.807) is 49.0 Å². The molecule has 3 rings (SSSR count). The Hall–Kier alpha value is -4.72. The molecule has 0 saturated heterocycles. The van der Waals surface area contributed by atoms with Gasteiger partial charge in [-0.15, -0.1) is 0 Å². The van der Waals surface area contributed by atoms with Crippen LogP contribution in [0.15, 0.2) is 64.5 Å². The largest absolute Gasteiger partial charge is 0.314 e. The average Bonchev–Trinajstić information content (AvgIpc) is 2.98. The van der Waals surface area contributed by atoms with Gasteiger partial charge in [0.25, 0.3) is 17.2 Å². The molecule has 156 valence electrons. The van der Waals surface area contributed by atoms with Gasteiger partial charge in [-0.05, 0) is 25.1 Å². The lowest BCUT2D eigenvalue weighted by Gasteiger charge is -2.07. The molecule has 0 radical (unpaired) electrons. The van der Waals surface area contributed by atoms with E-state index in [1.165, 1.54) is 28.9 Å². The van der Waals surface area contributed by atoms with E-state index >= 15 is 0 Å².